The Kier molecular flexibility index (Phi) is 2.95. The van der Waals surface area contributed by atoms with Crippen LogP contribution >= 0.6 is 0 Å². The van der Waals surface area contributed by atoms with E-state index in [9.17, 15) is 4.79 Å². The number of aromatic nitrogens is 2. The summed E-state index contributed by atoms with van der Waals surface area (Å²) in [5.41, 5.74) is 10.3. The normalized spacial score (nSPS) is 10.8. The Morgan fingerprint density at radius 2 is 1.85 bits per heavy atom. The number of benzene rings is 2. The van der Waals surface area contributed by atoms with Gasteiger partial charge in [0.2, 0.25) is 0 Å². The monoisotopic (exact) mass is 268 g/mol. The van der Waals surface area contributed by atoms with Gasteiger partial charge in [-0.25, -0.2) is 4.79 Å². The molecule has 0 fully saturated rings. The molecule has 0 aliphatic rings. The van der Waals surface area contributed by atoms with E-state index in [4.69, 9.17) is 5.73 Å². The Morgan fingerprint density at radius 1 is 1.10 bits per heavy atom. The fraction of sp³-hybridized carbons (Fsp3) is 0.133. The number of nitrogens with one attached hydrogen (secondary N) is 2. The molecule has 0 radical (unpaired) electrons. The van der Waals surface area contributed by atoms with Gasteiger partial charge in [0.1, 0.15) is 0 Å². The smallest absolute Gasteiger partial charge is 0.323 e. The number of H-pyrrole nitrogens is 2. The fourth-order valence-corrected chi connectivity index (χ4v) is 2.37. The first-order valence-electron chi connectivity index (χ1n) is 6.40. The van der Waals surface area contributed by atoms with E-state index in [0.717, 1.165) is 34.5 Å². The van der Waals surface area contributed by atoms with Crippen LogP contribution in [0, 0.1) is 0 Å². The number of hydrogen-bond donors (Lipinski definition) is 3. The maximum atomic E-state index is 11.3. The molecule has 0 unspecified atom stereocenters. The van der Waals surface area contributed by atoms with Crippen LogP contribution in [0.15, 0.2) is 47.3 Å². The van der Waals surface area contributed by atoms with Crippen molar-refractivity contribution in [3.05, 3.63) is 58.5 Å². The molecule has 0 atom stereocenters. The van der Waals surface area contributed by atoms with E-state index in [1.807, 2.05) is 49.5 Å². The van der Waals surface area contributed by atoms with E-state index in [-0.39, 0.29) is 5.69 Å². The third kappa shape index (κ3) is 2.25. The molecule has 0 aliphatic heterocycles. The largest absolute Gasteiger partial charge is 0.397 e. The van der Waals surface area contributed by atoms with Gasteiger partial charge in [0.25, 0.3) is 0 Å². The van der Waals surface area contributed by atoms with Gasteiger partial charge in [-0.2, -0.15) is 0 Å². The zero-order valence-corrected chi connectivity index (χ0v) is 11.2. The van der Waals surface area contributed by atoms with Gasteiger partial charge in [0.05, 0.1) is 22.4 Å². The second-order valence-electron chi connectivity index (χ2n) is 4.87. The lowest BCUT2D eigenvalue weighted by Crippen LogP contribution is -2.17. The van der Waals surface area contributed by atoms with Gasteiger partial charge < -0.3 is 20.6 Å². The highest BCUT2D eigenvalue weighted by atomic mass is 16.1. The second kappa shape index (κ2) is 4.77. The summed E-state index contributed by atoms with van der Waals surface area (Å²) in [5.74, 6) is 0. The zero-order chi connectivity index (χ0) is 14.1. The molecular formula is C15H16N4O. The molecule has 0 saturated carbocycles. The SMILES string of the molecule is CN(Cc1ccc2[nH]c(=O)[nH]c2c1)c1ccccc1N. The van der Waals surface area contributed by atoms with Crippen LogP contribution < -0.4 is 16.3 Å². The molecule has 3 rings (SSSR count). The molecule has 1 heterocycles. The van der Waals surface area contributed by atoms with Crippen molar-refractivity contribution < 1.29 is 0 Å². The minimum Gasteiger partial charge on any atom is -0.397 e. The number of rotatable bonds is 3. The topological polar surface area (TPSA) is 77.9 Å². The summed E-state index contributed by atoms with van der Waals surface area (Å²) in [5, 5.41) is 0. The average molecular weight is 268 g/mol. The van der Waals surface area contributed by atoms with Gasteiger partial charge >= 0.3 is 5.69 Å². The molecule has 0 bridgehead atoms. The number of fused-ring (bicyclic) bond motifs is 1. The van der Waals surface area contributed by atoms with Gasteiger partial charge in [-0.05, 0) is 29.8 Å². The number of nitrogen functional groups attached to an aromatic ring is 1. The summed E-state index contributed by atoms with van der Waals surface area (Å²) in [6, 6.07) is 13.7. The first kappa shape index (κ1) is 12.3. The van der Waals surface area contributed by atoms with Gasteiger partial charge in [-0.3, -0.25) is 0 Å². The molecule has 4 N–H and O–H groups in total. The number of imidazole rings is 1. The van der Waals surface area contributed by atoms with E-state index in [1.165, 1.54) is 0 Å². The third-order valence-electron chi connectivity index (χ3n) is 3.35. The molecule has 102 valence electrons. The van der Waals surface area contributed by atoms with E-state index < -0.39 is 0 Å². The van der Waals surface area contributed by atoms with E-state index in [1.54, 1.807) is 0 Å². The van der Waals surface area contributed by atoms with Crippen LogP contribution in [0.25, 0.3) is 11.0 Å². The van der Waals surface area contributed by atoms with Gasteiger partial charge in [0.15, 0.2) is 0 Å². The molecule has 3 aromatic rings. The quantitative estimate of drug-likeness (QED) is 0.636. The summed E-state index contributed by atoms with van der Waals surface area (Å²) in [6.45, 7) is 0.720. The maximum absolute atomic E-state index is 11.3. The molecular weight excluding hydrogens is 252 g/mol. The number of anilines is 2. The molecule has 0 amide bonds. The average Bonchev–Trinajstić information content (AvgIpc) is 2.78. The van der Waals surface area contributed by atoms with Gasteiger partial charge in [-0.15, -0.1) is 0 Å². The van der Waals surface area contributed by atoms with Crippen LogP contribution in [0.2, 0.25) is 0 Å². The molecule has 0 saturated heterocycles. The number of nitrogens with zero attached hydrogens (tertiary/aromatic N) is 1. The number of aromatic amines is 2. The van der Waals surface area contributed by atoms with Crippen molar-refractivity contribution in [2.24, 2.45) is 0 Å². The van der Waals surface area contributed by atoms with Crippen molar-refractivity contribution in [1.29, 1.82) is 0 Å². The fourth-order valence-electron chi connectivity index (χ4n) is 2.37. The zero-order valence-electron chi connectivity index (χ0n) is 11.2. The summed E-state index contributed by atoms with van der Waals surface area (Å²) in [6.07, 6.45) is 0. The third-order valence-corrected chi connectivity index (χ3v) is 3.35. The molecule has 1 aromatic heterocycles. The Bertz CT molecular complexity index is 803. The van der Waals surface area contributed by atoms with E-state index >= 15 is 0 Å². The lowest BCUT2D eigenvalue weighted by atomic mass is 10.1. The Labute approximate surface area is 116 Å². The van der Waals surface area contributed by atoms with Crippen molar-refractivity contribution in [3.8, 4) is 0 Å². The predicted molar refractivity (Wildman–Crippen MR) is 81.9 cm³/mol. The summed E-state index contributed by atoms with van der Waals surface area (Å²) < 4.78 is 0. The first-order valence-corrected chi connectivity index (χ1v) is 6.40. The Balaban J connectivity index is 1.89. The van der Waals surface area contributed by atoms with Crippen LogP contribution in [0.5, 0.6) is 0 Å². The maximum Gasteiger partial charge on any atom is 0.323 e. The lowest BCUT2D eigenvalue weighted by Gasteiger charge is -2.21. The summed E-state index contributed by atoms with van der Waals surface area (Å²) >= 11 is 0. The molecule has 5 heteroatoms. The highest BCUT2D eigenvalue weighted by Crippen LogP contribution is 2.23. The number of hydrogen-bond acceptors (Lipinski definition) is 3. The molecule has 2 aromatic carbocycles. The van der Waals surface area contributed by atoms with Crippen molar-refractivity contribution in [1.82, 2.24) is 9.97 Å². The Morgan fingerprint density at radius 3 is 2.65 bits per heavy atom. The Hall–Kier alpha value is -2.69. The lowest BCUT2D eigenvalue weighted by molar-refractivity contribution is 0.926. The molecule has 5 nitrogen and oxygen atoms in total. The number of nitrogens with two attached hydrogens (primary N) is 1. The molecule has 0 spiro atoms. The predicted octanol–water partition coefficient (Wildman–Crippen LogP) is 2.07. The van der Waals surface area contributed by atoms with Crippen LogP contribution in [0.4, 0.5) is 11.4 Å². The second-order valence-corrected chi connectivity index (χ2v) is 4.87. The minimum absolute atomic E-state index is 0.183. The van der Waals surface area contributed by atoms with Crippen molar-refractivity contribution in [3.63, 3.8) is 0 Å². The van der Waals surface area contributed by atoms with E-state index in [2.05, 4.69) is 14.9 Å². The van der Waals surface area contributed by atoms with Crippen LogP contribution in [0.3, 0.4) is 0 Å². The summed E-state index contributed by atoms with van der Waals surface area (Å²) in [7, 11) is 2.00. The van der Waals surface area contributed by atoms with Crippen LogP contribution in [0.1, 0.15) is 5.56 Å². The minimum atomic E-state index is -0.183. The van der Waals surface area contributed by atoms with Crippen molar-refractivity contribution >= 4 is 22.4 Å². The highest BCUT2D eigenvalue weighted by molar-refractivity contribution is 5.75. The van der Waals surface area contributed by atoms with Crippen LogP contribution in [-0.4, -0.2) is 17.0 Å². The standard InChI is InChI=1S/C15H16N4O/c1-19(14-5-3-2-4-11(14)16)9-10-6-7-12-13(8-10)18-15(20)17-12/h2-8H,9,16H2,1H3,(H2,17,18,20). The van der Waals surface area contributed by atoms with E-state index in [0.29, 0.717) is 0 Å². The number of para-hydroxylation sites is 2. The van der Waals surface area contributed by atoms with Gasteiger partial charge in [-0.1, -0.05) is 18.2 Å². The molecule has 0 aliphatic carbocycles. The first-order chi connectivity index (χ1) is 9.63. The highest BCUT2D eigenvalue weighted by Gasteiger charge is 2.06. The van der Waals surface area contributed by atoms with Gasteiger partial charge in [0, 0.05) is 13.6 Å². The van der Waals surface area contributed by atoms with Crippen molar-refractivity contribution in [2.45, 2.75) is 6.54 Å². The summed E-state index contributed by atoms with van der Waals surface area (Å²) in [4.78, 5) is 18.8. The molecule has 20 heavy (non-hydrogen) atoms. The van der Waals surface area contributed by atoms with Crippen molar-refractivity contribution in [2.75, 3.05) is 17.7 Å². The van der Waals surface area contributed by atoms with Crippen LogP contribution in [-0.2, 0) is 6.54 Å².